The van der Waals surface area contributed by atoms with Gasteiger partial charge in [0, 0.05) is 24.1 Å². The van der Waals surface area contributed by atoms with Crippen molar-refractivity contribution < 1.29 is 0 Å². The minimum atomic E-state index is 0.659. The summed E-state index contributed by atoms with van der Waals surface area (Å²) in [6.07, 6.45) is 0. The lowest BCUT2D eigenvalue weighted by Crippen LogP contribution is -2.10. The van der Waals surface area contributed by atoms with Crippen LogP contribution in [0, 0.1) is 18.3 Å². The maximum absolute atomic E-state index is 8.91. The van der Waals surface area contributed by atoms with Crippen molar-refractivity contribution in [3.05, 3.63) is 53.6 Å². The third kappa shape index (κ3) is 2.28. The minimum Gasteiger partial charge on any atom is -0.399 e. The molecule has 2 aromatic rings. The van der Waals surface area contributed by atoms with Crippen LogP contribution in [0.15, 0.2) is 42.5 Å². The number of nitrogens with two attached hydrogens (primary N) is 1. The van der Waals surface area contributed by atoms with E-state index in [-0.39, 0.29) is 0 Å². The van der Waals surface area contributed by atoms with Crippen LogP contribution in [0.2, 0.25) is 0 Å². The summed E-state index contributed by atoms with van der Waals surface area (Å²) >= 11 is 0. The molecule has 2 aromatic carbocycles. The molecule has 0 unspecified atom stereocenters. The van der Waals surface area contributed by atoms with Gasteiger partial charge in [-0.15, -0.1) is 0 Å². The highest BCUT2D eigenvalue weighted by atomic mass is 15.1. The first-order valence-electron chi connectivity index (χ1n) is 5.72. The monoisotopic (exact) mass is 237 g/mol. The fraction of sp³-hybridized carbons (Fsp3) is 0.133. The highest BCUT2D eigenvalue weighted by Crippen LogP contribution is 2.26. The van der Waals surface area contributed by atoms with E-state index in [2.05, 4.69) is 6.07 Å². The third-order valence-electron chi connectivity index (χ3n) is 3.00. The lowest BCUT2D eigenvalue weighted by atomic mass is 10.1. The van der Waals surface area contributed by atoms with E-state index in [4.69, 9.17) is 11.0 Å². The number of aryl methyl sites for hydroxylation is 1. The van der Waals surface area contributed by atoms with Crippen LogP contribution in [0.1, 0.15) is 11.1 Å². The third-order valence-corrected chi connectivity index (χ3v) is 3.00. The van der Waals surface area contributed by atoms with Gasteiger partial charge in [0.1, 0.15) is 0 Å². The standard InChI is InChI=1S/C15H15N3/c1-11-8-14(6-7-15(11)17)18(2)13-5-3-4-12(9-13)10-16/h3-9H,17H2,1-2H3. The summed E-state index contributed by atoms with van der Waals surface area (Å²) in [5.74, 6) is 0. The van der Waals surface area contributed by atoms with Crippen LogP contribution in [0.25, 0.3) is 0 Å². The Balaban J connectivity index is 2.38. The van der Waals surface area contributed by atoms with Gasteiger partial charge < -0.3 is 10.6 Å². The van der Waals surface area contributed by atoms with Crippen molar-refractivity contribution in [2.45, 2.75) is 6.92 Å². The van der Waals surface area contributed by atoms with Crippen LogP contribution in [-0.2, 0) is 0 Å². The lowest BCUT2D eigenvalue weighted by molar-refractivity contribution is 1.20. The molecule has 0 saturated carbocycles. The average Bonchev–Trinajstić information content (AvgIpc) is 2.41. The van der Waals surface area contributed by atoms with Gasteiger partial charge in [-0.3, -0.25) is 0 Å². The number of nitrogen functional groups attached to an aromatic ring is 1. The van der Waals surface area contributed by atoms with Crippen molar-refractivity contribution in [2.75, 3.05) is 17.7 Å². The zero-order chi connectivity index (χ0) is 13.1. The van der Waals surface area contributed by atoms with E-state index in [1.54, 1.807) is 6.07 Å². The van der Waals surface area contributed by atoms with E-state index < -0.39 is 0 Å². The summed E-state index contributed by atoms with van der Waals surface area (Å²) < 4.78 is 0. The van der Waals surface area contributed by atoms with Gasteiger partial charge in [0.15, 0.2) is 0 Å². The summed E-state index contributed by atoms with van der Waals surface area (Å²) in [4.78, 5) is 2.04. The van der Waals surface area contributed by atoms with E-state index >= 15 is 0 Å². The second-order valence-electron chi connectivity index (χ2n) is 4.26. The van der Waals surface area contributed by atoms with Gasteiger partial charge in [0.25, 0.3) is 0 Å². The van der Waals surface area contributed by atoms with Crippen LogP contribution in [-0.4, -0.2) is 7.05 Å². The zero-order valence-corrected chi connectivity index (χ0v) is 10.5. The Morgan fingerprint density at radius 3 is 2.50 bits per heavy atom. The molecule has 0 heterocycles. The predicted octanol–water partition coefficient (Wildman–Crippen LogP) is 3.22. The molecule has 2 N–H and O–H groups in total. The molecule has 0 bridgehead atoms. The van der Waals surface area contributed by atoms with E-state index in [9.17, 15) is 0 Å². The Morgan fingerprint density at radius 2 is 1.83 bits per heavy atom. The van der Waals surface area contributed by atoms with Crippen LogP contribution < -0.4 is 10.6 Å². The first kappa shape index (κ1) is 12.0. The fourth-order valence-corrected chi connectivity index (χ4v) is 1.80. The molecule has 18 heavy (non-hydrogen) atoms. The Morgan fingerprint density at radius 1 is 1.11 bits per heavy atom. The molecule has 0 atom stereocenters. The smallest absolute Gasteiger partial charge is 0.0992 e. The van der Waals surface area contributed by atoms with Crippen molar-refractivity contribution in [1.29, 1.82) is 5.26 Å². The second-order valence-corrected chi connectivity index (χ2v) is 4.26. The number of benzene rings is 2. The van der Waals surface area contributed by atoms with E-state index in [0.717, 1.165) is 22.6 Å². The Kier molecular flexibility index (Phi) is 3.20. The predicted molar refractivity (Wildman–Crippen MR) is 74.8 cm³/mol. The number of nitrogens with zero attached hydrogens (tertiary/aromatic N) is 2. The highest BCUT2D eigenvalue weighted by Gasteiger charge is 2.05. The molecule has 0 spiro atoms. The molecule has 3 heteroatoms. The van der Waals surface area contributed by atoms with E-state index in [1.165, 1.54) is 0 Å². The van der Waals surface area contributed by atoms with Crippen molar-refractivity contribution in [3.8, 4) is 6.07 Å². The van der Waals surface area contributed by atoms with Crippen LogP contribution in [0.4, 0.5) is 17.1 Å². The quantitative estimate of drug-likeness (QED) is 0.816. The summed E-state index contributed by atoms with van der Waals surface area (Å²) in [7, 11) is 1.97. The maximum Gasteiger partial charge on any atom is 0.0992 e. The Labute approximate surface area is 107 Å². The number of nitriles is 1. The molecule has 3 nitrogen and oxygen atoms in total. The van der Waals surface area contributed by atoms with Crippen molar-refractivity contribution in [3.63, 3.8) is 0 Å². The number of hydrogen-bond donors (Lipinski definition) is 1. The van der Waals surface area contributed by atoms with Crippen molar-refractivity contribution >= 4 is 17.1 Å². The highest BCUT2D eigenvalue weighted by molar-refractivity contribution is 5.67. The van der Waals surface area contributed by atoms with Gasteiger partial charge in [0.05, 0.1) is 11.6 Å². The summed E-state index contributed by atoms with van der Waals surface area (Å²) in [6, 6.07) is 15.6. The minimum absolute atomic E-state index is 0.659. The zero-order valence-electron chi connectivity index (χ0n) is 10.5. The molecule has 0 fully saturated rings. The largest absolute Gasteiger partial charge is 0.399 e. The normalized spacial score (nSPS) is 9.83. The van der Waals surface area contributed by atoms with Gasteiger partial charge in [-0.05, 0) is 48.9 Å². The Hall–Kier alpha value is -2.47. The van der Waals surface area contributed by atoms with Crippen LogP contribution >= 0.6 is 0 Å². The molecule has 0 saturated heterocycles. The number of hydrogen-bond acceptors (Lipinski definition) is 3. The molecule has 2 rings (SSSR count). The van der Waals surface area contributed by atoms with Crippen molar-refractivity contribution in [2.24, 2.45) is 0 Å². The van der Waals surface area contributed by atoms with Gasteiger partial charge >= 0.3 is 0 Å². The molecule has 90 valence electrons. The van der Waals surface area contributed by atoms with Gasteiger partial charge in [-0.2, -0.15) is 5.26 Å². The molecule has 0 aliphatic heterocycles. The first-order chi connectivity index (χ1) is 8.61. The van der Waals surface area contributed by atoms with E-state index in [1.807, 2.05) is 55.3 Å². The molecule has 0 amide bonds. The fourth-order valence-electron chi connectivity index (χ4n) is 1.80. The van der Waals surface area contributed by atoms with E-state index in [0.29, 0.717) is 5.56 Å². The number of rotatable bonds is 2. The molecular formula is C15H15N3. The molecule has 0 radical (unpaired) electrons. The SMILES string of the molecule is Cc1cc(N(C)c2cccc(C#N)c2)ccc1N. The topological polar surface area (TPSA) is 53.0 Å². The Bertz CT molecular complexity index is 611. The van der Waals surface area contributed by atoms with Crippen LogP contribution in [0.5, 0.6) is 0 Å². The van der Waals surface area contributed by atoms with Gasteiger partial charge in [-0.25, -0.2) is 0 Å². The average molecular weight is 237 g/mol. The summed E-state index contributed by atoms with van der Waals surface area (Å²) in [6.45, 7) is 1.98. The van der Waals surface area contributed by atoms with Crippen molar-refractivity contribution in [1.82, 2.24) is 0 Å². The van der Waals surface area contributed by atoms with Gasteiger partial charge in [0.2, 0.25) is 0 Å². The molecule has 0 aromatic heterocycles. The summed E-state index contributed by atoms with van der Waals surface area (Å²) in [5, 5.41) is 8.91. The summed E-state index contributed by atoms with van der Waals surface area (Å²) in [5.41, 5.74) is 10.3. The molecular weight excluding hydrogens is 222 g/mol. The van der Waals surface area contributed by atoms with Crippen LogP contribution in [0.3, 0.4) is 0 Å². The first-order valence-corrected chi connectivity index (χ1v) is 5.72. The van der Waals surface area contributed by atoms with Gasteiger partial charge in [-0.1, -0.05) is 6.07 Å². The second kappa shape index (κ2) is 4.80. The molecule has 0 aliphatic carbocycles. The lowest BCUT2D eigenvalue weighted by Gasteiger charge is -2.20. The maximum atomic E-state index is 8.91. The number of anilines is 3. The molecule has 0 aliphatic rings.